The number of nitrogens with zero attached hydrogens (tertiary/aromatic N) is 4. The number of rotatable bonds is 5. The number of para-hydroxylation sites is 3. The molecule has 3 heterocycles. The van der Waals surface area contributed by atoms with Crippen molar-refractivity contribution in [2.24, 2.45) is 0 Å². The van der Waals surface area contributed by atoms with Gasteiger partial charge in [0.25, 0.3) is 0 Å². The van der Waals surface area contributed by atoms with Gasteiger partial charge in [0, 0.05) is 6.54 Å². The van der Waals surface area contributed by atoms with Crippen molar-refractivity contribution in [3.8, 4) is 0 Å². The van der Waals surface area contributed by atoms with Crippen molar-refractivity contribution < 1.29 is 4.79 Å². The molecule has 0 aliphatic carbocycles. The second-order valence-corrected chi connectivity index (χ2v) is 9.58. The second kappa shape index (κ2) is 8.40. The summed E-state index contributed by atoms with van der Waals surface area (Å²) in [6, 6.07) is 16.4. The van der Waals surface area contributed by atoms with Crippen LogP contribution < -0.4 is 0 Å². The monoisotopic (exact) mass is 436 g/mol. The number of amides is 1. The molecular weight excluding hydrogens is 412 g/mol. The van der Waals surface area contributed by atoms with Crippen molar-refractivity contribution >= 4 is 50.3 Å². The lowest BCUT2D eigenvalue weighted by atomic mass is 10.0. The zero-order chi connectivity index (χ0) is 20.5. The Morgan fingerprint density at radius 1 is 1.10 bits per heavy atom. The summed E-state index contributed by atoms with van der Waals surface area (Å²) in [5.41, 5.74) is 3.01. The lowest BCUT2D eigenvalue weighted by Crippen LogP contribution is -2.40. The molecule has 2 aromatic heterocycles. The van der Waals surface area contributed by atoms with Gasteiger partial charge in [0.15, 0.2) is 0 Å². The van der Waals surface area contributed by atoms with Crippen LogP contribution >= 0.6 is 23.1 Å². The third-order valence-corrected chi connectivity index (χ3v) is 7.40. The number of piperidine rings is 1. The van der Waals surface area contributed by atoms with Crippen LogP contribution in [-0.2, 0) is 17.1 Å². The number of benzene rings is 2. The molecule has 1 aliphatic rings. The molecule has 1 amide bonds. The number of aromatic nitrogens is 3. The van der Waals surface area contributed by atoms with E-state index in [9.17, 15) is 4.79 Å². The summed E-state index contributed by atoms with van der Waals surface area (Å²) < 4.78 is 3.28. The molecule has 0 spiro atoms. The highest BCUT2D eigenvalue weighted by Gasteiger charge is 2.31. The Labute approximate surface area is 184 Å². The first-order chi connectivity index (χ1) is 14.7. The van der Waals surface area contributed by atoms with Gasteiger partial charge >= 0.3 is 0 Å². The van der Waals surface area contributed by atoms with Crippen LogP contribution in [0.5, 0.6) is 0 Å². The molecule has 1 saturated heterocycles. The molecule has 0 radical (unpaired) electrons. The van der Waals surface area contributed by atoms with Gasteiger partial charge in [-0.3, -0.25) is 4.79 Å². The Morgan fingerprint density at radius 2 is 1.90 bits per heavy atom. The van der Waals surface area contributed by atoms with Crippen molar-refractivity contribution in [2.75, 3.05) is 12.8 Å². The highest BCUT2D eigenvalue weighted by atomic mass is 32.2. The maximum Gasteiger partial charge on any atom is 0.243 e. The summed E-state index contributed by atoms with van der Waals surface area (Å²) in [5, 5.41) is 1.06. The van der Waals surface area contributed by atoms with E-state index in [-0.39, 0.29) is 11.9 Å². The SMILES string of the molecule is CSCc1nc2ccccc2n1CC(=O)N1CCCCC1c1nc2ccccc2s1. The van der Waals surface area contributed by atoms with E-state index >= 15 is 0 Å². The molecule has 0 N–H and O–H groups in total. The molecule has 154 valence electrons. The molecule has 4 aromatic rings. The predicted octanol–water partition coefficient (Wildman–Crippen LogP) is 5.26. The minimum absolute atomic E-state index is 0.0717. The van der Waals surface area contributed by atoms with Gasteiger partial charge in [-0.25, -0.2) is 9.97 Å². The molecule has 5 nitrogen and oxygen atoms in total. The third kappa shape index (κ3) is 3.61. The number of carbonyl (C=O) groups excluding carboxylic acids is 1. The Hall–Kier alpha value is -2.38. The molecule has 1 unspecified atom stereocenters. The van der Waals surface area contributed by atoms with Crippen molar-refractivity contribution in [3.63, 3.8) is 0 Å². The smallest absolute Gasteiger partial charge is 0.243 e. The van der Waals surface area contributed by atoms with Crippen molar-refractivity contribution in [1.82, 2.24) is 19.4 Å². The summed E-state index contributed by atoms with van der Waals surface area (Å²) in [7, 11) is 0. The number of hydrogen-bond acceptors (Lipinski definition) is 5. The number of thioether (sulfide) groups is 1. The summed E-state index contributed by atoms with van der Waals surface area (Å²) >= 11 is 3.45. The second-order valence-electron chi connectivity index (χ2n) is 7.65. The average Bonchev–Trinajstić information content (AvgIpc) is 3.36. The van der Waals surface area contributed by atoms with Gasteiger partial charge in [0.2, 0.25) is 5.91 Å². The van der Waals surface area contributed by atoms with Gasteiger partial charge in [0.05, 0.1) is 33.0 Å². The summed E-state index contributed by atoms with van der Waals surface area (Å²) in [5.74, 6) is 1.92. The van der Waals surface area contributed by atoms with Gasteiger partial charge in [-0.2, -0.15) is 11.8 Å². The minimum Gasteiger partial charge on any atom is -0.332 e. The standard InChI is InChI=1S/C23H24N4OS2/c1-29-15-21-24-16-8-2-4-10-18(16)27(21)14-22(28)26-13-7-6-11-19(26)23-25-17-9-3-5-12-20(17)30-23/h2-5,8-10,12,19H,6-7,11,13-15H2,1H3. The normalized spacial score (nSPS) is 17.1. The fraction of sp³-hybridized carbons (Fsp3) is 0.348. The highest BCUT2D eigenvalue weighted by Crippen LogP contribution is 2.36. The van der Waals surface area contributed by atoms with Crippen LogP contribution in [0.25, 0.3) is 21.3 Å². The number of fused-ring (bicyclic) bond motifs is 2. The number of thiazole rings is 1. The maximum absolute atomic E-state index is 13.5. The van der Waals surface area contributed by atoms with Crippen LogP contribution in [0.1, 0.15) is 36.1 Å². The van der Waals surface area contributed by atoms with Crippen molar-refractivity contribution in [1.29, 1.82) is 0 Å². The quantitative estimate of drug-likeness (QED) is 0.428. The molecule has 1 atom stereocenters. The van der Waals surface area contributed by atoms with E-state index in [2.05, 4.69) is 33.9 Å². The van der Waals surface area contributed by atoms with E-state index < -0.39 is 0 Å². The largest absolute Gasteiger partial charge is 0.332 e. The molecule has 0 bridgehead atoms. The van der Waals surface area contributed by atoms with Gasteiger partial charge in [0.1, 0.15) is 17.4 Å². The summed E-state index contributed by atoms with van der Waals surface area (Å²) in [6.45, 7) is 1.13. The van der Waals surface area contributed by atoms with Crippen LogP contribution in [0.3, 0.4) is 0 Å². The van der Waals surface area contributed by atoms with E-state index in [0.29, 0.717) is 6.54 Å². The molecule has 1 fully saturated rings. The van der Waals surface area contributed by atoms with Crippen LogP contribution in [0.15, 0.2) is 48.5 Å². The first-order valence-electron chi connectivity index (χ1n) is 10.3. The molecule has 7 heteroatoms. The zero-order valence-electron chi connectivity index (χ0n) is 17.0. The van der Waals surface area contributed by atoms with Gasteiger partial charge in [-0.05, 0) is 49.8 Å². The fourth-order valence-corrected chi connectivity index (χ4v) is 5.88. The fourth-order valence-electron chi connectivity index (χ4n) is 4.29. The first kappa shape index (κ1) is 19.6. The Kier molecular flexibility index (Phi) is 5.48. The molecule has 0 saturated carbocycles. The Balaban J connectivity index is 1.46. The van der Waals surface area contributed by atoms with Gasteiger partial charge < -0.3 is 9.47 Å². The molecule has 30 heavy (non-hydrogen) atoms. The van der Waals surface area contributed by atoms with Crippen LogP contribution in [0.2, 0.25) is 0 Å². The minimum atomic E-state index is 0.0717. The number of carbonyl (C=O) groups is 1. The van der Waals surface area contributed by atoms with Crippen molar-refractivity contribution in [3.05, 3.63) is 59.4 Å². The maximum atomic E-state index is 13.5. The molecule has 5 rings (SSSR count). The van der Waals surface area contributed by atoms with Gasteiger partial charge in [-0.15, -0.1) is 11.3 Å². The predicted molar refractivity (Wildman–Crippen MR) is 125 cm³/mol. The van der Waals surface area contributed by atoms with E-state index in [1.807, 2.05) is 30.3 Å². The zero-order valence-corrected chi connectivity index (χ0v) is 18.6. The molecular formula is C23H24N4OS2. The van der Waals surface area contributed by atoms with Crippen molar-refractivity contribution in [2.45, 2.75) is 37.6 Å². The average molecular weight is 437 g/mol. The van der Waals surface area contributed by atoms with Crippen LogP contribution in [-0.4, -0.2) is 38.1 Å². The molecule has 1 aliphatic heterocycles. The van der Waals surface area contributed by atoms with E-state index in [4.69, 9.17) is 9.97 Å². The van der Waals surface area contributed by atoms with Crippen LogP contribution in [0, 0.1) is 0 Å². The Bertz CT molecular complexity index is 1170. The van der Waals surface area contributed by atoms with E-state index in [1.165, 1.54) is 4.70 Å². The van der Waals surface area contributed by atoms with E-state index in [0.717, 1.165) is 58.9 Å². The number of hydrogen-bond donors (Lipinski definition) is 0. The summed E-state index contributed by atoms with van der Waals surface area (Å²) in [4.78, 5) is 25.2. The lowest BCUT2D eigenvalue weighted by molar-refractivity contribution is -0.135. The topological polar surface area (TPSA) is 51.0 Å². The van der Waals surface area contributed by atoms with E-state index in [1.54, 1.807) is 23.1 Å². The van der Waals surface area contributed by atoms with Crippen LogP contribution in [0.4, 0.5) is 0 Å². The summed E-state index contributed by atoms with van der Waals surface area (Å²) in [6.07, 6.45) is 5.23. The Morgan fingerprint density at radius 3 is 2.73 bits per heavy atom. The number of likely N-dealkylation sites (tertiary alicyclic amines) is 1. The highest BCUT2D eigenvalue weighted by molar-refractivity contribution is 7.97. The number of imidazole rings is 1. The first-order valence-corrected chi connectivity index (χ1v) is 12.5. The third-order valence-electron chi connectivity index (χ3n) is 5.72. The molecule has 2 aromatic carbocycles. The lowest BCUT2D eigenvalue weighted by Gasteiger charge is -2.34. The van der Waals surface area contributed by atoms with Gasteiger partial charge in [-0.1, -0.05) is 24.3 Å².